The van der Waals surface area contributed by atoms with Crippen molar-refractivity contribution in [3.63, 3.8) is 0 Å². The van der Waals surface area contributed by atoms with E-state index in [0.717, 1.165) is 22.9 Å². The zero-order valence-corrected chi connectivity index (χ0v) is 14.9. The molecular weight excluding hydrogens is 328 g/mol. The van der Waals surface area contributed by atoms with Crippen molar-refractivity contribution in [2.24, 2.45) is 0 Å². The highest BCUT2D eigenvalue weighted by Gasteiger charge is 2.13. The molecule has 0 bridgehead atoms. The summed E-state index contributed by atoms with van der Waals surface area (Å²) in [6.07, 6.45) is 1.64. The third kappa shape index (κ3) is 4.97. The lowest BCUT2D eigenvalue weighted by Gasteiger charge is -2.10. The maximum Gasteiger partial charge on any atom is 0.279 e. The van der Waals surface area contributed by atoms with Crippen LogP contribution in [0.25, 0.3) is 0 Å². The van der Waals surface area contributed by atoms with Crippen LogP contribution in [0.15, 0.2) is 71.3 Å². The molecular formula is C21H23N2O3+. The molecule has 134 valence electrons. The first-order valence-electron chi connectivity index (χ1n) is 8.61. The number of benzene rings is 2. The van der Waals surface area contributed by atoms with Crippen LogP contribution in [0.3, 0.4) is 0 Å². The maximum absolute atomic E-state index is 12.1. The summed E-state index contributed by atoms with van der Waals surface area (Å²) in [6.45, 7) is 4.36. The van der Waals surface area contributed by atoms with Crippen LogP contribution < -0.4 is 15.4 Å². The van der Waals surface area contributed by atoms with E-state index in [2.05, 4.69) is 5.32 Å². The molecule has 0 aliphatic carbocycles. The van der Waals surface area contributed by atoms with Gasteiger partial charge >= 0.3 is 0 Å². The van der Waals surface area contributed by atoms with Crippen LogP contribution in [-0.4, -0.2) is 12.5 Å². The maximum atomic E-state index is 12.1. The van der Waals surface area contributed by atoms with Crippen molar-refractivity contribution < 1.29 is 19.3 Å². The molecule has 0 aliphatic rings. The van der Waals surface area contributed by atoms with E-state index in [4.69, 9.17) is 9.15 Å². The van der Waals surface area contributed by atoms with Crippen LogP contribution >= 0.6 is 0 Å². The molecule has 0 aliphatic heterocycles. The second-order valence-electron chi connectivity index (χ2n) is 6.23. The number of nitrogens with one attached hydrogen (secondary N) is 1. The van der Waals surface area contributed by atoms with Gasteiger partial charge in [-0.1, -0.05) is 17.7 Å². The minimum atomic E-state index is -0.0596. The van der Waals surface area contributed by atoms with Crippen LogP contribution in [0, 0.1) is 6.92 Å². The summed E-state index contributed by atoms with van der Waals surface area (Å²) in [5, 5.41) is 4.82. The number of carbonyl (C=O) groups excluding carboxylic acids is 1. The first-order chi connectivity index (χ1) is 12.6. The van der Waals surface area contributed by atoms with Crippen LogP contribution in [-0.2, 0) is 4.79 Å². The fraction of sp³-hybridized carbons (Fsp3) is 0.190. The summed E-state index contributed by atoms with van der Waals surface area (Å²) in [6, 6.07) is 19.1. The standard InChI is InChI=1S/C21H22N2O3/c1-15-5-9-18(10-6-15)26-19-11-7-17(8-12-19)23-21(24)14-22-16(2)20-4-3-13-25-20/h3-13,16,22H,14H2,1-2H3,(H,23,24)/p+1/t16-/m0/s1. The molecule has 0 saturated carbocycles. The van der Waals surface area contributed by atoms with Gasteiger partial charge in [-0.2, -0.15) is 0 Å². The van der Waals surface area contributed by atoms with Crippen LogP contribution in [0.5, 0.6) is 11.5 Å². The van der Waals surface area contributed by atoms with Gasteiger partial charge in [0.1, 0.15) is 17.5 Å². The van der Waals surface area contributed by atoms with Crippen molar-refractivity contribution in [3.8, 4) is 11.5 Å². The molecule has 26 heavy (non-hydrogen) atoms. The average Bonchev–Trinajstić information content (AvgIpc) is 3.18. The molecule has 1 atom stereocenters. The van der Waals surface area contributed by atoms with E-state index in [1.807, 2.05) is 79.8 Å². The highest BCUT2D eigenvalue weighted by Crippen LogP contribution is 2.23. The number of aryl methyl sites for hydroxylation is 1. The normalized spacial score (nSPS) is 11.8. The lowest BCUT2D eigenvalue weighted by Crippen LogP contribution is -2.86. The molecule has 0 fully saturated rings. The molecule has 2 aromatic carbocycles. The fourth-order valence-electron chi connectivity index (χ4n) is 2.51. The highest BCUT2D eigenvalue weighted by atomic mass is 16.5. The van der Waals surface area contributed by atoms with Gasteiger partial charge in [-0.3, -0.25) is 4.79 Å². The first kappa shape index (κ1) is 17.8. The summed E-state index contributed by atoms with van der Waals surface area (Å²) in [4.78, 5) is 12.1. The van der Waals surface area contributed by atoms with Gasteiger partial charge in [0.25, 0.3) is 5.91 Å². The molecule has 1 amide bonds. The van der Waals surface area contributed by atoms with Crippen molar-refractivity contribution in [3.05, 3.63) is 78.3 Å². The molecule has 0 unspecified atom stereocenters. The van der Waals surface area contributed by atoms with E-state index in [0.29, 0.717) is 6.54 Å². The Morgan fingerprint density at radius 2 is 1.73 bits per heavy atom. The molecule has 1 aromatic heterocycles. The number of ether oxygens (including phenoxy) is 1. The van der Waals surface area contributed by atoms with Gasteiger partial charge in [0, 0.05) is 5.69 Å². The smallest absolute Gasteiger partial charge is 0.279 e. The van der Waals surface area contributed by atoms with E-state index >= 15 is 0 Å². The third-order valence-corrected chi connectivity index (χ3v) is 4.04. The lowest BCUT2D eigenvalue weighted by molar-refractivity contribution is -0.684. The zero-order valence-electron chi connectivity index (χ0n) is 14.9. The van der Waals surface area contributed by atoms with Gasteiger partial charge in [0.2, 0.25) is 0 Å². The Kier molecular flexibility index (Phi) is 5.71. The van der Waals surface area contributed by atoms with Crippen LogP contribution in [0.2, 0.25) is 0 Å². The molecule has 0 saturated heterocycles. The minimum absolute atomic E-state index is 0.0596. The predicted octanol–water partition coefficient (Wildman–Crippen LogP) is 3.64. The van der Waals surface area contributed by atoms with Crippen molar-refractivity contribution in [1.82, 2.24) is 0 Å². The molecule has 5 heteroatoms. The molecule has 0 radical (unpaired) electrons. The van der Waals surface area contributed by atoms with Crippen molar-refractivity contribution in [1.29, 1.82) is 0 Å². The fourth-order valence-corrected chi connectivity index (χ4v) is 2.51. The lowest BCUT2D eigenvalue weighted by atomic mass is 10.2. The number of hydrogen-bond acceptors (Lipinski definition) is 3. The van der Waals surface area contributed by atoms with Crippen molar-refractivity contribution in [2.75, 3.05) is 11.9 Å². The Bertz CT molecular complexity index is 825. The van der Waals surface area contributed by atoms with Gasteiger partial charge < -0.3 is 19.8 Å². The topological polar surface area (TPSA) is 68.1 Å². The van der Waals surface area contributed by atoms with Gasteiger partial charge in [0.15, 0.2) is 12.3 Å². The summed E-state index contributed by atoms with van der Waals surface area (Å²) in [7, 11) is 0. The number of nitrogens with two attached hydrogens (primary N) is 1. The van der Waals surface area contributed by atoms with Crippen molar-refractivity contribution >= 4 is 11.6 Å². The van der Waals surface area contributed by atoms with E-state index in [1.165, 1.54) is 5.56 Å². The highest BCUT2D eigenvalue weighted by molar-refractivity contribution is 5.91. The predicted molar refractivity (Wildman–Crippen MR) is 100 cm³/mol. The van der Waals surface area contributed by atoms with Crippen LogP contribution in [0.1, 0.15) is 24.3 Å². The summed E-state index contributed by atoms with van der Waals surface area (Å²) < 4.78 is 11.1. The number of anilines is 1. The van der Waals surface area contributed by atoms with E-state index in [-0.39, 0.29) is 11.9 Å². The Balaban J connectivity index is 1.49. The number of furan rings is 1. The van der Waals surface area contributed by atoms with E-state index in [1.54, 1.807) is 6.26 Å². The SMILES string of the molecule is Cc1ccc(Oc2ccc(NC(=O)C[NH2+][C@@H](C)c3ccco3)cc2)cc1. The Hall–Kier alpha value is -3.05. The van der Waals surface area contributed by atoms with Gasteiger partial charge in [-0.05, 0) is 62.4 Å². The number of hydrogen-bond donors (Lipinski definition) is 2. The quantitative estimate of drug-likeness (QED) is 0.683. The number of quaternary nitrogens is 1. The largest absolute Gasteiger partial charge is 0.463 e. The van der Waals surface area contributed by atoms with Crippen LogP contribution in [0.4, 0.5) is 5.69 Å². The van der Waals surface area contributed by atoms with Crippen molar-refractivity contribution in [2.45, 2.75) is 19.9 Å². The molecule has 5 nitrogen and oxygen atoms in total. The Labute approximate surface area is 153 Å². The van der Waals surface area contributed by atoms with E-state index < -0.39 is 0 Å². The minimum Gasteiger partial charge on any atom is -0.463 e. The zero-order chi connectivity index (χ0) is 18.4. The van der Waals surface area contributed by atoms with E-state index in [9.17, 15) is 4.79 Å². The van der Waals surface area contributed by atoms with Gasteiger partial charge in [-0.25, -0.2) is 0 Å². The second-order valence-corrected chi connectivity index (χ2v) is 6.23. The summed E-state index contributed by atoms with van der Waals surface area (Å²) >= 11 is 0. The third-order valence-electron chi connectivity index (χ3n) is 4.04. The molecule has 3 rings (SSSR count). The average molecular weight is 351 g/mol. The molecule has 0 spiro atoms. The Morgan fingerprint density at radius 1 is 1.08 bits per heavy atom. The number of amides is 1. The van der Waals surface area contributed by atoms with Gasteiger partial charge in [0.05, 0.1) is 6.26 Å². The second kappa shape index (κ2) is 8.36. The first-order valence-corrected chi connectivity index (χ1v) is 8.61. The summed E-state index contributed by atoms with van der Waals surface area (Å²) in [5.41, 5.74) is 1.93. The Morgan fingerprint density at radius 3 is 2.35 bits per heavy atom. The monoisotopic (exact) mass is 351 g/mol. The molecule has 3 aromatic rings. The van der Waals surface area contributed by atoms with Gasteiger partial charge in [-0.15, -0.1) is 0 Å². The number of rotatable bonds is 7. The number of carbonyl (C=O) groups is 1. The summed E-state index contributed by atoms with van der Waals surface area (Å²) in [5.74, 6) is 2.31. The molecule has 3 N–H and O–H groups in total. The molecule has 1 heterocycles.